The number of nitrogens with zero attached hydrogens (tertiary/aromatic N) is 1. The summed E-state index contributed by atoms with van der Waals surface area (Å²) in [4.78, 5) is 11.8. The monoisotopic (exact) mass is 295 g/mol. The van der Waals surface area contributed by atoms with Gasteiger partial charge in [0.25, 0.3) is 5.56 Å². The van der Waals surface area contributed by atoms with E-state index < -0.39 is 6.36 Å². The standard InChI is InChI=1S/C15H12F3NO2/c1-2-10-19-13(4-3-5-14(19)20)11-6-8-12(9-7-11)21-15(16,17)18/h2-9H,1,10H2. The number of hydrogen-bond acceptors (Lipinski definition) is 2. The molecule has 2 aromatic rings. The zero-order valence-electron chi connectivity index (χ0n) is 10.9. The maximum atomic E-state index is 12.1. The summed E-state index contributed by atoms with van der Waals surface area (Å²) in [7, 11) is 0. The van der Waals surface area contributed by atoms with E-state index in [1.54, 1.807) is 18.2 Å². The van der Waals surface area contributed by atoms with Gasteiger partial charge in [0.2, 0.25) is 0 Å². The van der Waals surface area contributed by atoms with E-state index in [0.29, 0.717) is 17.8 Å². The molecule has 0 atom stereocenters. The highest BCUT2D eigenvalue weighted by Gasteiger charge is 2.30. The minimum absolute atomic E-state index is 0.206. The Bertz CT molecular complexity index is 687. The normalized spacial score (nSPS) is 11.2. The van der Waals surface area contributed by atoms with Gasteiger partial charge in [-0.1, -0.05) is 12.1 Å². The Morgan fingerprint density at radius 3 is 2.38 bits per heavy atom. The molecule has 110 valence electrons. The van der Waals surface area contributed by atoms with Crippen molar-refractivity contribution in [2.75, 3.05) is 0 Å². The van der Waals surface area contributed by atoms with Gasteiger partial charge in [0, 0.05) is 12.6 Å². The Labute approximate surface area is 118 Å². The molecule has 0 unspecified atom stereocenters. The predicted octanol–water partition coefficient (Wildman–Crippen LogP) is 3.60. The number of halogens is 3. The summed E-state index contributed by atoms with van der Waals surface area (Å²) in [5.41, 5.74) is 1.01. The molecular formula is C15H12F3NO2. The topological polar surface area (TPSA) is 31.2 Å². The highest BCUT2D eigenvalue weighted by molar-refractivity contribution is 5.60. The van der Waals surface area contributed by atoms with Crippen LogP contribution >= 0.6 is 0 Å². The first-order valence-electron chi connectivity index (χ1n) is 6.07. The second-order valence-electron chi connectivity index (χ2n) is 4.22. The molecule has 0 aliphatic heterocycles. The van der Waals surface area contributed by atoms with Crippen LogP contribution in [0.3, 0.4) is 0 Å². The summed E-state index contributed by atoms with van der Waals surface area (Å²) in [6.07, 6.45) is -3.15. The number of ether oxygens (including phenoxy) is 1. The van der Waals surface area contributed by atoms with Gasteiger partial charge >= 0.3 is 6.36 Å². The fourth-order valence-corrected chi connectivity index (χ4v) is 1.92. The second kappa shape index (κ2) is 5.87. The lowest BCUT2D eigenvalue weighted by molar-refractivity contribution is -0.274. The lowest BCUT2D eigenvalue weighted by atomic mass is 10.1. The molecule has 0 aliphatic carbocycles. The van der Waals surface area contributed by atoms with Gasteiger partial charge in [0.05, 0.1) is 5.69 Å². The Morgan fingerprint density at radius 1 is 1.14 bits per heavy atom. The molecule has 0 aliphatic rings. The molecule has 0 bridgehead atoms. The zero-order valence-corrected chi connectivity index (χ0v) is 10.9. The number of rotatable bonds is 4. The van der Waals surface area contributed by atoms with Crippen LogP contribution in [-0.2, 0) is 6.54 Å². The molecule has 3 nitrogen and oxygen atoms in total. The highest BCUT2D eigenvalue weighted by atomic mass is 19.4. The van der Waals surface area contributed by atoms with Crippen LogP contribution in [0.4, 0.5) is 13.2 Å². The number of benzene rings is 1. The minimum Gasteiger partial charge on any atom is -0.406 e. The van der Waals surface area contributed by atoms with Gasteiger partial charge in [-0.25, -0.2) is 0 Å². The molecule has 1 aromatic carbocycles. The van der Waals surface area contributed by atoms with Gasteiger partial charge < -0.3 is 9.30 Å². The molecular weight excluding hydrogens is 283 g/mol. The third kappa shape index (κ3) is 3.75. The summed E-state index contributed by atoms with van der Waals surface area (Å²) >= 11 is 0. The number of alkyl halides is 3. The van der Waals surface area contributed by atoms with E-state index in [0.717, 1.165) is 0 Å². The van der Waals surface area contributed by atoms with Crippen LogP contribution in [0.25, 0.3) is 11.3 Å². The largest absolute Gasteiger partial charge is 0.573 e. The smallest absolute Gasteiger partial charge is 0.406 e. The first-order valence-corrected chi connectivity index (χ1v) is 6.07. The van der Waals surface area contributed by atoms with Gasteiger partial charge in [0.15, 0.2) is 0 Å². The summed E-state index contributed by atoms with van der Waals surface area (Å²) in [6.45, 7) is 3.90. The molecule has 1 aromatic heterocycles. The van der Waals surface area contributed by atoms with Crippen molar-refractivity contribution in [2.24, 2.45) is 0 Å². The maximum absolute atomic E-state index is 12.1. The van der Waals surface area contributed by atoms with E-state index in [-0.39, 0.29) is 11.3 Å². The lowest BCUT2D eigenvalue weighted by Gasteiger charge is -2.12. The average molecular weight is 295 g/mol. The lowest BCUT2D eigenvalue weighted by Crippen LogP contribution is -2.19. The first kappa shape index (κ1) is 14.9. The molecule has 0 amide bonds. The Hall–Kier alpha value is -2.50. The summed E-state index contributed by atoms with van der Waals surface area (Å²) in [5.74, 6) is -0.306. The van der Waals surface area contributed by atoms with Crippen molar-refractivity contribution < 1.29 is 17.9 Å². The fourth-order valence-electron chi connectivity index (χ4n) is 1.92. The van der Waals surface area contributed by atoms with Crippen molar-refractivity contribution in [2.45, 2.75) is 12.9 Å². The predicted molar refractivity (Wildman–Crippen MR) is 73.0 cm³/mol. The third-order valence-corrected chi connectivity index (χ3v) is 2.75. The fraction of sp³-hybridized carbons (Fsp3) is 0.133. The van der Waals surface area contributed by atoms with Crippen LogP contribution in [0.5, 0.6) is 5.75 Å². The Morgan fingerprint density at radius 2 is 1.81 bits per heavy atom. The summed E-state index contributed by atoms with van der Waals surface area (Å²) < 4.78 is 41.6. The van der Waals surface area contributed by atoms with Crippen LogP contribution in [0, 0.1) is 0 Å². The highest BCUT2D eigenvalue weighted by Crippen LogP contribution is 2.26. The Balaban J connectivity index is 2.37. The molecule has 6 heteroatoms. The quantitative estimate of drug-likeness (QED) is 0.807. The van der Waals surface area contributed by atoms with Gasteiger partial charge in [0.1, 0.15) is 5.75 Å². The van der Waals surface area contributed by atoms with Crippen molar-refractivity contribution in [3.8, 4) is 17.0 Å². The second-order valence-corrected chi connectivity index (χ2v) is 4.22. The molecule has 0 radical (unpaired) electrons. The summed E-state index contributed by atoms with van der Waals surface area (Å²) in [6, 6.07) is 10.1. The van der Waals surface area contributed by atoms with Gasteiger partial charge in [-0.15, -0.1) is 19.8 Å². The first-order chi connectivity index (χ1) is 9.90. The van der Waals surface area contributed by atoms with Crippen molar-refractivity contribution in [1.82, 2.24) is 4.57 Å². The molecule has 0 saturated carbocycles. The number of hydrogen-bond donors (Lipinski definition) is 0. The van der Waals surface area contributed by atoms with Gasteiger partial charge in [-0.3, -0.25) is 4.79 Å². The maximum Gasteiger partial charge on any atom is 0.573 e. The van der Waals surface area contributed by atoms with E-state index in [2.05, 4.69) is 11.3 Å². The molecule has 0 fully saturated rings. The van der Waals surface area contributed by atoms with Crippen molar-refractivity contribution >= 4 is 0 Å². The van der Waals surface area contributed by atoms with Crippen LogP contribution < -0.4 is 10.3 Å². The van der Waals surface area contributed by atoms with E-state index in [4.69, 9.17) is 0 Å². The average Bonchev–Trinajstić information content (AvgIpc) is 2.40. The van der Waals surface area contributed by atoms with E-state index in [9.17, 15) is 18.0 Å². The molecule has 21 heavy (non-hydrogen) atoms. The van der Waals surface area contributed by atoms with Gasteiger partial charge in [-0.2, -0.15) is 0 Å². The van der Waals surface area contributed by atoms with Crippen LogP contribution in [0.2, 0.25) is 0 Å². The Kier molecular flexibility index (Phi) is 4.16. The van der Waals surface area contributed by atoms with Gasteiger partial charge in [-0.05, 0) is 35.9 Å². The molecule has 0 N–H and O–H groups in total. The van der Waals surface area contributed by atoms with E-state index in [1.165, 1.54) is 34.9 Å². The molecule has 0 spiro atoms. The van der Waals surface area contributed by atoms with Crippen LogP contribution in [0.1, 0.15) is 0 Å². The SMILES string of the molecule is C=CCn1c(-c2ccc(OC(F)(F)F)cc2)cccc1=O. The number of pyridine rings is 1. The van der Waals surface area contributed by atoms with Crippen LogP contribution in [-0.4, -0.2) is 10.9 Å². The molecule has 2 rings (SSSR count). The zero-order chi connectivity index (χ0) is 15.5. The van der Waals surface area contributed by atoms with E-state index in [1.807, 2.05) is 0 Å². The van der Waals surface area contributed by atoms with Crippen molar-refractivity contribution in [1.29, 1.82) is 0 Å². The van der Waals surface area contributed by atoms with Crippen molar-refractivity contribution in [3.05, 3.63) is 65.5 Å². The third-order valence-electron chi connectivity index (χ3n) is 2.75. The minimum atomic E-state index is -4.72. The summed E-state index contributed by atoms with van der Waals surface area (Å²) in [5, 5.41) is 0. The molecule has 0 saturated heterocycles. The molecule has 1 heterocycles. The number of aromatic nitrogens is 1. The van der Waals surface area contributed by atoms with E-state index >= 15 is 0 Å². The van der Waals surface area contributed by atoms with Crippen molar-refractivity contribution in [3.63, 3.8) is 0 Å². The van der Waals surface area contributed by atoms with Crippen LogP contribution in [0.15, 0.2) is 59.9 Å². The number of allylic oxidation sites excluding steroid dienone is 1.